The third kappa shape index (κ3) is 2.56. The zero-order valence-electron chi connectivity index (χ0n) is 8.41. The molecule has 1 aliphatic rings. The van der Waals surface area contributed by atoms with E-state index in [4.69, 9.17) is 4.74 Å². The highest BCUT2D eigenvalue weighted by Gasteiger charge is 2.10. The molecule has 0 spiro atoms. The van der Waals surface area contributed by atoms with Crippen LogP contribution in [0.2, 0.25) is 0 Å². The molecule has 0 saturated carbocycles. The van der Waals surface area contributed by atoms with E-state index >= 15 is 0 Å². The lowest BCUT2D eigenvalue weighted by Crippen LogP contribution is -2.35. The zero-order valence-corrected chi connectivity index (χ0v) is 8.41. The molecule has 1 saturated heterocycles. The molecular formula is C12H16NO. The molecule has 0 aromatic heterocycles. The number of rotatable bonds is 2. The van der Waals surface area contributed by atoms with Crippen molar-refractivity contribution in [2.24, 2.45) is 0 Å². The third-order valence-electron chi connectivity index (χ3n) is 2.50. The van der Waals surface area contributed by atoms with Crippen LogP contribution >= 0.6 is 0 Å². The van der Waals surface area contributed by atoms with Gasteiger partial charge in [0.15, 0.2) is 0 Å². The van der Waals surface area contributed by atoms with Crippen molar-refractivity contribution in [1.29, 1.82) is 0 Å². The molecule has 0 aliphatic carbocycles. The molecule has 0 atom stereocenters. The van der Waals surface area contributed by atoms with E-state index in [1.807, 2.05) is 6.07 Å². The number of hydrogen-bond donors (Lipinski definition) is 0. The molecule has 1 radical (unpaired) electrons. The Balaban J connectivity index is 1.95. The Bertz CT molecular complexity index is 292. The molecule has 1 aromatic rings. The molecule has 0 N–H and O–H groups in total. The molecule has 75 valence electrons. The van der Waals surface area contributed by atoms with Gasteiger partial charge in [-0.3, -0.25) is 4.90 Å². The molecule has 1 aliphatic heterocycles. The molecule has 2 nitrogen and oxygen atoms in total. The van der Waals surface area contributed by atoms with Crippen LogP contribution in [0.25, 0.3) is 0 Å². The summed E-state index contributed by atoms with van der Waals surface area (Å²) in [5.74, 6) is 0. The Morgan fingerprint density at radius 2 is 2.07 bits per heavy atom. The van der Waals surface area contributed by atoms with Crippen molar-refractivity contribution in [1.82, 2.24) is 4.90 Å². The summed E-state index contributed by atoms with van der Waals surface area (Å²) in [7, 11) is 0. The summed E-state index contributed by atoms with van der Waals surface area (Å²) in [6, 6.07) is 8.40. The maximum Gasteiger partial charge on any atom is 0.0594 e. The summed E-state index contributed by atoms with van der Waals surface area (Å²) >= 11 is 0. The number of nitrogens with zero attached hydrogens (tertiary/aromatic N) is 1. The predicted molar refractivity (Wildman–Crippen MR) is 57.0 cm³/mol. The minimum atomic E-state index is 0.865. The quantitative estimate of drug-likeness (QED) is 0.704. The SMILES string of the molecule is [CH2]c1cccc(CN2CCOCC2)c1. The van der Waals surface area contributed by atoms with Gasteiger partial charge in [0.1, 0.15) is 0 Å². The van der Waals surface area contributed by atoms with Crippen molar-refractivity contribution in [3.63, 3.8) is 0 Å². The van der Waals surface area contributed by atoms with Gasteiger partial charge in [0.25, 0.3) is 0 Å². The molecule has 1 aromatic carbocycles. The van der Waals surface area contributed by atoms with E-state index in [9.17, 15) is 0 Å². The number of benzene rings is 1. The van der Waals surface area contributed by atoms with E-state index in [0.717, 1.165) is 38.4 Å². The van der Waals surface area contributed by atoms with E-state index in [1.54, 1.807) is 0 Å². The van der Waals surface area contributed by atoms with E-state index < -0.39 is 0 Å². The monoisotopic (exact) mass is 190 g/mol. The van der Waals surface area contributed by atoms with E-state index in [0.29, 0.717) is 0 Å². The minimum Gasteiger partial charge on any atom is -0.379 e. The summed E-state index contributed by atoms with van der Waals surface area (Å²) in [4.78, 5) is 2.41. The minimum absolute atomic E-state index is 0.865. The van der Waals surface area contributed by atoms with Crippen LogP contribution in [0.4, 0.5) is 0 Å². The van der Waals surface area contributed by atoms with Gasteiger partial charge in [-0.15, -0.1) is 0 Å². The molecule has 0 unspecified atom stereocenters. The van der Waals surface area contributed by atoms with Gasteiger partial charge in [-0.25, -0.2) is 0 Å². The molecule has 1 fully saturated rings. The van der Waals surface area contributed by atoms with Gasteiger partial charge in [-0.05, 0) is 18.1 Å². The van der Waals surface area contributed by atoms with Crippen molar-refractivity contribution in [2.45, 2.75) is 6.54 Å². The first-order chi connectivity index (χ1) is 6.84. The molecule has 0 amide bonds. The first-order valence-corrected chi connectivity index (χ1v) is 5.05. The number of morpholine rings is 1. The highest BCUT2D eigenvalue weighted by Crippen LogP contribution is 2.08. The fourth-order valence-electron chi connectivity index (χ4n) is 1.75. The summed E-state index contributed by atoms with van der Waals surface area (Å²) in [5, 5.41) is 0. The second kappa shape index (κ2) is 4.58. The van der Waals surface area contributed by atoms with Gasteiger partial charge in [-0.1, -0.05) is 24.3 Å². The normalized spacial score (nSPS) is 18.4. The molecule has 2 heteroatoms. The van der Waals surface area contributed by atoms with Gasteiger partial charge in [0.2, 0.25) is 0 Å². The molecule has 0 bridgehead atoms. The second-order valence-electron chi connectivity index (χ2n) is 3.71. The van der Waals surface area contributed by atoms with Crippen LogP contribution in [-0.2, 0) is 11.3 Å². The van der Waals surface area contributed by atoms with Crippen LogP contribution in [0.1, 0.15) is 11.1 Å². The lowest BCUT2D eigenvalue weighted by atomic mass is 10.1. The molecular weight excluding hydrogens is 174 g/mol. The lowest BCUT2D eigenvalue weighted by molar-refractivity contribution is 0.0342. The highest BCUT2D eigenvalue weighted by molar-refractivity contribution is 5.25. The number of hydrogen-bond acceptors (Lipinski definition) is 2. The fourth-order valence-corrected chi connectivity index (χ4v) is 1.75. The first-order valence-electron chi connectivity index (χ1n) is 5.05. The maximum absolute atomic E-state index is 5.31. The number of ether oxygens (including phenoxy) is 1. The van der Waals surface area contributed by atoms with E-state index in [-0.39, 0.29) is 0 Å². The first kappa shape index (κ1) is 9.69. The molecule has 1 heterocycles. The van der Waals surface area contributed by atoms with Crippen molar-refractivity contribution < 1.29 is 4.74 Å². The highest BCUT2D eigenvalue weighted by atomic mass is 16.5. The van der Waals surface area contributed by atoms with E-state index in [2.05, 4.69) is 30.0 Å². The Morgan fingerprint density at radius 3 is 2.79 bits per heavy atom. The second-order valence-corrected chi connectivity index (χ2v) is 3.71. The Kier molecular flexibility index (Phi) is 3.17. The van der Waals surface area contributed by atoms with E-state index in [1.165, 1.54) is 5.56 Å². The van der Waals surface area contributed by atoms with Gasteiger partial charge in [0, 0.05) is 19.6 Å². The van der Waals surface area contributed by atoms with Crippen LogP contribution in [-0.4, -0.2) is 31.2 Å². The summed E-state index contributed by atoms with van der Waals surface area (Å²) < 4.78 is 5.31. The van der Waals surface area contributed by atoms with Crippen LogP contribution in [0.5, 0.6) is 0 Å². The average molecular weight is 190 g/mol. The fraction of sp³-hybridized carbons (Fsp3) is 0.417. The topological polar surface area (TPSA) is 12.5 Å². The smallest absolute Gasteiger partial charge is 0.0594 e. The largest absolute Gasteiger partial charge is 0.379 e. The average Bonchev–Trinajstić information content (AvgIpc) is 2.19. The summed E-state index contributed by atoms with van der Waals surface area (Å²) in [5.41, 5.74) is 2.44. The van der Waals surface area contributed by atoms with Gasteiger partial charge < -0.3 is 4.74 Å². The summed E-state index contributed by atoms with van der Waals surface area (Å²) in [6.07, 6.45) is 0. The zero-order chi connectivity index (χ0) is 9.80. The lowest BCUT2D eigenvalue weighted by Gasteiger charge is -2.26. The van der Waals surface area contributed by atoms with Gasteiger partial charge in [-0.2, -0.15) is 0 Å². The standard InChI is InChI=1S/C12H16NO/c1-11-3-2-4-12(9-11)10-13-5-7-14-8-6-13/h2-4,9H,1,5-8,10H2. The van der Waals surface area contributed by atoms with Crippen LogP contribution in [0.15, 0.2) is 24.3 Å². The molecule has 2 rings (SSSR count). The van der Waals surface area contributed by atoms with Crippen LogP contribution < -0.4 is 0 Å². The van der Waals surface area contributed by atoms with Crippen molar-refractivity contribution in [3.05, 3.63) is 42.3 Å². The Morgan fingerprint density at radius 1 is 1.29 bits per heavy atom. The van der Waals surface area contributed by atoms with Crippen molar-refractivity contribution >= 4 is 0 Å². The third-order valence-corrected chi connectivity index (χ3v) is 2.50. The van der Waals surface area contributed by atoms with Gasteiger partial charge >= 0.3 is 0 Å². The maximum atomic E-state index is 5.31. The van der Waals surface area contributed by atoms with Gasteiger partial charge in [0.05, 0.1) is 13.2 Å². The Hall–Kier alpha value is -0.860. The van der Waals surface area contributed by atoms with Crippen LogP contribution in [0.3, 0.4) is 0 Å². The van der Waals surface area contributed by atoms with Crippen molar-refractivity contribution in [2.75, 3.05) is 26.3 Å². The predicted octanol–water partition coefficient (Wildman–Crippen LogP) is 1.70. The summed E-state index contributed by atoms with van der Waals surface area (Å²) in [6.45, 7) is 8.77. The molecule has 14 heavy (non-hydrogen) atoms. The Labute approximate surface area is 85.5 Å². The van der Waals surface area contributed by atoms with Crippen molar-refractivity contribution in [3.8, 4) is 0 Å². The van der Waals surface area contributed by atoms with Crippen LogP contribution in [0, 0.1) is 6.92 Å².